The minimum atomic E-state index is 0.360. The van der Waals surface area contributed by atoms with Crippen molar-refractivity contribution in [3.63, 3.8) is 0 Å². The van der Waals surface area contributed by atoms with Crippen LogP contribution in [0.15, 0.2) is 0 Å². The quantitative estimate of drug-likeness (QED) is 0.222. The van der Waals surface area contributed by atoms with Crippen LogP contribution in [0.1, 0.15) is 136 Å². The molecular weight excluding hydrogens is 292 g/mol. The summed E-state index contributed by atoms with van der Waals surface area (Å²) in [4.78, 5) is 0. The summed E-state index contributed by atoms with van der Waals surface area (Å²) in [5.41, 5.74) is 0. The average Bonchev–Trinajstić information content (AvgIpc) is 2.60. The highest BCUT2D eigenvalue weighted by Gasteiger charge is 1.99. The Labute approximate surface area is 154 Å². The molecule has 0 saturated carbocycles. The SMILES string of the molecule is CCCCCCCCCCCCCCCCCCCCC(C)CO. The van der Waals surface area contributed by atoms with Gasteiger partial charge in [-0.05, 0) is 12.3 Å². The Morgan fingerprint density at radius 3 is 1.08 bits per heavy atom. The number of hydrogen-bond donors (Lipinski definition) is 1. The fraction of sp³-hybridized carbons (Fsp3) is 1.00. The molecule has 0 amide bonds. The zero-order chi connectivity index (χ0) is 17.7. The van der Waals surface area contributed by atoms with Crippen LogP contribution >= 0.6 is 0 Å². The van der Waals surface area contributed by atoms with E-state index in [4.69, 9.17) is 5.11 Å². The van der Waals surface area contributed by atoms with Gasteiger partial charge >= 0.3 is 0 Å². The first-order chi connectivity index (χ1) is 11.8. The van der Waals surface area contributed by atoms with Crippen LogP contribution in [-0.4, -0.2) is 11.7 Å². The first kappa shape index (κ1) is 24.0. The minimum absolute atomic E-state index is 0.360. The minimum Gasteiger partial charge on any atom is -0.396 e. The summed E-state index contributed by atoms with van der Waals surface area (Å²) in [5, 5.41) is 8.98. The maximum atomic E-state index is 8.98. The zero-order valence-electron chi connectivity index (χ0n) is 17.2. The van der Waals surface area contributed by atoms with Crippen molar-refractivity contribution in [2.75, 3.05) is 6.61 Å². The molecule has 0 spiro atoms. The maximum absolute atomic E-state index is 8.98. The van der Waals surface area contributed by atoms with Crippen LogP contribution in [0.5, 0.6) is 0 Å². The molecule has 0 fully saturated rings. The van der Waals surface area contributed by atoms with Crippen LogP contribution in [0.4, 0.5) is 0 Å². The van der Waals surface area contributed by atoms with Crippen molar-refractivity contribution >= 4 is 0 Å². The van der Waals surface area contributed by atoms with Crippen molar-refractivity contribution in [3.8, 4) is 0 Å². The molecule has 0 aromatic carbocycles. The first-order valence-electron chi connectivity index (χ1n) is 11.4. The van der Waals surface area contributed by atoms with E-state index in [-0.39, 0.29) is 0 Å². The molecule has 0 radical (unpaired) electrons. The van der Waals surface area contributed by atoms with Crippen LogP contribution in [0.3, 0.4) is 0 Å². The second-order valence-electron chi connectivity index (χ2n) is 8.09. The summed E-state index contributed by atoms with van der Waals surface area (Å²) in [6.45, 7) is 4.80. The Hall–Kier alpha value is -0.0400. The lowest BCUT2D eigenvalue weighted by atomic mass is 10.0. The third kappa shape index (κ3) is 20.0. The van der Waals surface area contributed by atoms with E-state index in [0.29, 0.717) is 12.5 Å². The monoisotopic (exact) mass is 340 g/mol. The highest BCUT2D eigenvalue weighted by Crippen LogP contribution is 2.15. The summed E-state index contributed by atoms with van der Waals surface area (Å²) in [5.74, 6) is 0.506. The van der Waals surface area contributed by atoms with E-state index in [0.717, 1.165) is 0 Å². The Balaban J connectivity index is 2.98. The molecule has 0 heterocycles. The van der Waals surface area contributed by atoms with Gasteiger partial charge in [0.1, 0.15) is 0 Å². The number of aliphatic hydroxyl groups is 1. The van der Waals surface area contributed by atoms with Crippen LogP contribution in [-0.2, 0) is 0 Å². The maximum Gasteiger partial charge on any atom is 0.0456 e. The van der Waals surface area contributed by atoms with E-state index in [9.17, 15) is 0 Å². The molecule has 1 nitrogen and oxygen atoms in total. The highest BCUT2D eigenvalue weighted by molar-refractivity contribution is 4.53. The summed E-state index contributed by atoms with van der Waals surface area (Å²) >= 11 is 0. The van der Waals surface area contributed by atoms with Gasteiger partial charge in [-0.15, -0.1) is 0 Å². The summed E-state index contributed by atoms with van der Waals surface area (Å²) in [7, 11) is 0. The van der Waals surface area contributed by atoms with Gasteiger partial charge in [-0.25, -0.2) is 0 Å². The standard InChI is InChI=1S/C23H48O/c1-3-4-5-6-7-8-9-10-11-12-13-14-15-16-17-18-19-20-21-23(2)22-24/h23-24H,3-22H2,1-2H3. The molecule has 0 aliphatic heterocycles. The third-order valence-electron chi connectivity index (χ3n) is 5.36. The first-order valence-corrected chi connectivity index (χ1v) is 11.4. The van der Waals surface area contributed by atoms with E-state index < -0.39 is 0 Å². The molecule has 0 saturated heterocycles. The van der Waals surface area contributed by atoms with Crippen LogP contribution in [0.2, 0.25) is 0 Å². The van der Waals surface area contributed by atoms with Crippen LogP contribution in [0, 0.1) is 5.92 Å². The van der Waals surface area contributed by atoms with Crippen LogP contribution in [0.25, 0.3) is 0 Å². The lowest BCUT2D eigenvalue weighted by molar-refractivity contribution is 0.227. The molecule has 0 bridgehead atoms. The number of rotatable bonds is 20. The highest BCUT2D eigenvalue weighted by atomic mass is 16.3. The Morgan fingerprint density at radius 1 is 0.500 bits per heavy atom. The Morgan fingerprint density at radius 2 is 0.792 bits per heavy atom. The van der Waals surface area contributed by atoms with E-state index in [1.165, 1.54) is 122 Å². The van der Waals surface area contributed by atoms with Crippen molar-refractivity contribution in [1.29, 1.82) is 0 Å². The third-order valence-corrected chi connectivity index (χ3v) is 5.36. The van der Waals surface area contributed by atoms with Crippen molar-refractivity contribution in [2.24, 2.45) is 5.92 Å². The van der Waals surface area contributed by atoms with E-state index >= 15 is 0 Å². The van der Waals surface area contributed by atoms with Crippen LogP contribution < -0.4 is 0 Å². The predicted octanol–water partition coefficient (Wildman–Crippen LogP) is 8.05. The van der Waals surface area contributed by atoms with E-state index in [1.54, 1.807) is 0 Å². The van der Waals surface area contributed by atoms with Crippen molar-refractivity contribution in [1.82, 2.24) is 0 Å². The van der Waals surface area contributed by atoms with E-state index in [2.05, 4.69) is 13.8 Å². The average molecular weight is 341 g/mol. The Bertz CT molecular complexity index is 214. The smallest absolute Gasteiger partial charge is 0.0456 e. The van der Waals surface area contributed by atoms with Gasteiger partial charge in [-0.3, -0.25) is 0 Å². The molecule has 0 rings (SSSR count). The zero-order valence-corrected chi connectivity index (χ0v) is 17.2. The molecule has 1 N–H and O–H groups in total. The van der Waals surface area contributed by atoms with Gasteiger partial charge in [0.15, 0.2) is 0 Å². The largest absolute Gasteiger partial charge is 0.396 e. The molecule has 0 aromatic rings. The second kappa shape index (κ2) is 21.0. The van der Waals surface area contributed by atoms with Gasteiger partial charge in [0.25, 0.3) is 0 Å². The molecule has 1 heteroatoms. The fourth-order valence-electron chi connectivity index (χ4n) is 3.49. The lowest BCUT2D eigenvalue weighted by Gasteiger charge is -2.07. The van der Waals surface area contributed by atoms with Gasteiger partial charge in [-0.1, -0.05) is 129 Å². The van der Waals surface area contributed by atoms with Crippen molar-refractivity contribution < 1.29 is 5.11 Å². The van der Waals surface area contributed by atoms with Gasteiger partial charge in [0.05, 0.1) is 0 Å². The summed E-state index contributed by atoms with van der Waals surface area (Å²) < 4.78 is 0. The normalized spacial score (nSPS) is 12.6. The summed E-state index contributed by atoms with van der Waals surface area (Å²) in [6.07, 6.45) is 27.0. The van der Waals surface area contributed by atoms with E-state index in [1.807, 2.05) is 0 Å². The molecule has 1 unspecified atom stereocenters. The lowest BCUT2D eigenvalue weighted by Crippen LogP contribution is -1.99. The Kier molecular flexibility index (Phi) is 21.0. The van der Waals surface area contributed by atoms with Crippen molar-refractivity contribution in [3.05, 3.63) is 0 Å². The van der Waals surface area contributed by atoms with Gasteiger partial charge in [0, 0.05) is 6.61 Å². The number of unbranched alkanes of at least 4 members (excludes halogenated alkanes) is 17. The molecule has 1 atom stereocenters. The fourth-order valence-corrected chi connectivity index (χ4v) is 3.49. The molecule has 24 heavy (non-hydrogen) atoms. The topological polar surface area (TPSA) is 20.2 Å². The number of hydrogen-bond acceptors (Lipinski definition) is 1. The number of aliphatic hydroxyl groups excluding tert-OH is 1. The van der Waals surface area contributed by atoms with Gasteiger partial charge < -0.3 is 5.11 Å². The molecule has 0 aliphatic rings. The summed E-state index contributed by atoms with van der Waals surface area (Å²) in [6, 6.07) is 0. The van der Waals surface area contributed by atoms with Gasteiger partial charge in [0.2, 0.25) is 0 Å². The molecule has 0 aliphatic carbocycles. The molecular formula is C23H48O. The molecule has 0 aromatic heterocycles. The second-order valence-corrected chi connectivity index (χ2v) is 8.09. The molecule has 146 valence electrons. The van der Waals surface area contributed by atoms with Crippen molar-refractivity contribution in [2.45, 2.75) is 136 Å². The van der Waals surface area contributed by atoms with Gasteiger partial charge in [-0.2, -0.15) is 0 Å². The predicted molar refractivity (Wildman–Crippen MR) is 110 cm³/mol.